The van der Waals surface area contributed by atoms with Gasteiger partial charge in [-0.2, -0.15) is 0 Å². The fourth-order valence-electron chi connectivity index (χ4n) is 1.71. The first-order valence-corrected chi connectivity index (χ1v) is 7.26. The summed E-state index contributed by atoms with van der Waals surface area (Å²) in [4.78, 5) is 0. The maximum absolute atomic E-state index is 13.7. The maximum atomic E-state index is 13.7. The lowest BCUT2D eigenvalue weighted by Crippen LogP contribution is -2.05. The van der Waals surface area contributed by atoms with Crippen molar-refractivity contribution >= 4 is 27.5 Å². The summed E-state index contributed by atoms with van der Waals surface area (Å²) in [6.07, 6.45) is 0. The molecule has 0 saturated heterocycles. The van der Waals surface area contributed by atoms with Crippen molar-refractivity contribution in [2.45, 2.75) is 19.6 Å². The van der Waals surface area contributed by atoms with Crippen LogP contribution in [0.2, 0.25) is 5.02 Å². The van der Waals surface area contributed by atoms with Gasteiger partial charge in [0.1, 0.15) is 18.2 Å². The molecule has 0 fully saturated rings. The van der Waals surface area contributed by atoms with Crippen LogP contribution in [-0.2, 0) is 6.61 Å². The van der Waals surface area contributed by atoms with E-state index in [-0.39, 0.29) is 18.5 Å². The average molecular weight is 359 g/mol. The van der Waals surface area contributed by atoms with E-state index in [2.05, 4.69) is 15.9 Å². The first-order chi connectivity index (χ1) is 9.47. The number of rotatable bonds is 4. The molecule has 0 radical (unpaired) electrons. The number of benzene rings is 2. The molecule has 0 unspecified atom stereocenters. The highest BCUT2D eigenvalue weighted by atomic mass is 79.9. The molecule has 0 heterocycles. The van der Waals surface area contributed by atoms with Gasteiger partial charge < -0.3 is 10.5 Å². The van der Waals surface area contributed by atoms with Gasteiger partial charge in [0.15, 0.2) is 0 Å². The Morgan fingerprint density at radius 1 is 1.30 bits per heavy atom. The second-order valence-electron chi connectivity index (χ2n) is 4.50. The van der Waals surface area contributed by atoms with Crippen molar-refractivity contribution in [1.82, 2.24) is 0 Å². The predicted octanol–water partition coefficient (Wildman–Crippen LogP) is 4.84. The van der Waals surface area contributed by atoms with Crippen LogP contribution in [-0.4, -0.2) is 0 Å². The fraction of sp³-hybridized carbons (Fsp3) is 0.200. The molecule has 2 rings (SSSR count). The normalized spacial score (nSPS) is 12.2. The molecule has 1 atom stereocenters. The zero-order valence-electron chi connectivity index (χ0n) is 10.9. The standard InChI is InChI=1S/C15H14BrClFNO/c1-9(19)10-3-5-15(13(17)6-10)20-8-11-2-4-12(16)7-14(11)18/h2-7,9H,8,19H2,1H3/t9-/m1/s1. The van der Waals surface area contributed by atoms with Crippen LogP contribution in [0.4, 0.5) is 4.39 Å². The Bertz CT molecular complexity index is 619. The van der Waals surface area contributed by atoms with E-state index >= 15 is 0 Å². The molecule has 0 saturated carbocycles. The van der Waals surface area contributed by atoms with Crippen molar-refractivity contribution in [3.05, 3.63) is 62.8 Å². The molecule has 2 aromatic rings. The Hall–Kier alpha value is -1.10. The van der Waals surface area contributed by atoms with Crippen LogP contribution in [0, 0.1) is 5.82 Å². The summed E-state index contributed by atoms with van der Waals surface area (Å²) in [6.45, 7) is 2.00. The number of hydrogen-bond donors (Lipinski definition) is 1. The van der Waals surface area contributed by atoms with Crippen molar-refractivity contribution in [3.63, 3.8) is 0 Å². The predicted molar refractivity (Wildman–Crippen MR) is 82.5 cm³/mol. The minimum Gasteiger partial charge on any atom is -0.487 e. The average Bonchev–Trinajstić information content (AvgIpc) is 2.38. The Morgan fingerprint density at radius 3 is 2.65 bits per heavy atom. The molecule has 0 aliphatic heterocycles. The Labute approximate surface area is 130 Å². The van der Waals surface area contributed by atoms with Gasteiger partial charge >= 0.3 is 0 Å². The summed E-state index contributed by atoms with van der Waals surface area (Å²) in [7, 11) is 0. The topological polar surface area (TPSA) is 35.2 Å². The lowest BCUT2D eigenvalue weighted by Gasteiger charge is -2.11. The van der Waals surface area contributed by atoms with Crippen LogP contribution < -0.4 is 10.5 Å². The number of hydrogen-bond acceptors (Lipinski definition) is 2. The lowest BCUT2D eigenvalue weighted by atomic mass is 10.1. The molecule has 0 aromatic heterocycles. The maximum Gasteiger partial charge on any atom is 0.138 e. The summed E-state index contributed by atoms with van der Waals surface area (Å²) in [6, 6.07) is 10.1. The van der Waals surface area contributed by atoms with Crippen molar-refractivity contribution in [1.29, 1.82) is 0 Å². The van der Waals surface area contributed by atoms with E-state index in [1.165, 1.54) is 6.07 Å². The Kier molecular flexibility index (Phi) is 5.02. The molecule has 2 N–H and O–H groups in total. The number of ether oxygens (including phenoxy) is 1. The Morgan fingerprint density at radius 2 is 2.05 bits per heavy atom. The second kappa shape index (κ2) is 6.57. The molecule has 0 spiro atoms. The minimum absolute atomic E-state index is 0.0922. The summed E-state index contributed by atoms with van der Waals surface area (Å²) >= 11 is 9.33. The van der Waals surface area contributed by atoms with Crippen LogP contribution in [0.3, 0.4) is 0 Å². The van der Waals surface area contributed by atoms with Crippen LogP contribution in [0.5, 0.6) is 5.75 Å². The second-order valence-corrected chi connectivity index (χ2v) is 5.83. The molecular weight excluding hydrogens is 345 g/mol. The fourth-order valence-corrected chi connectivity index (χ4v) is 2.29. The highest BCUT2D eigenvalue weighted by Crippen LogP contribution is 2.28. The van der Waals surface area contributed by atoms with Gasteiger partial charge in [-0.05, 0) is 36.8 Å². The minimum atomic E-state index is -0.317. The molecule has 20 heavy (non-hydrogen) atoms. The van der Waals surface area contributed by atoms with Gasteiger partial charge in [0.2, 0.25) is 0 Å². The van der Waals surface area contributed by atoms with E-state index in [4.69, 9.17) is 22.1 Å². The van der Waals surface area contributed by atoms with Crippen molar-refractivity contribution in [3.8, 4) is 5.75 Å². The molecule has 106 valence electrons. The van der Waals surface area contributed by atoms with E-state index in [0.29, 0.717) is 20.8 Å². The van der Waals surface area contributed by atoms with E-state index in [1.807, 2.05) is 13.0 Å². The van der Waals surface area contributed by atoms with E-state index < -0.39 is 0 Å². The van der Waals surface area contributed by atoms with E-state index in [1.54, 1.807) is 24.3 Å². The zero-order chi connectivity index (χ0) is 14.7. The van der Waals surface area contributed by atoms with Gasteiger partial charge in [0.25, 0.3) is 0 Å². The van der Waals surface area contributed by atoms with Gasteiger partial charge in [-0.1, -0.05) is 39.7 Å². The monoisotopic (exact) mass is 357 g/mol. The molecule has 2 aromatic carbocycles. The van der Waals surface area contributed by atoms with Gasteiger partial charge in [-0.15, -0.1) is 0 Å². The van der Waals surface area contributed by atoms with Gasteiger partial charge in [-0.25, -0.2) is 4.39 Å². The summed E-state index contributed by atoms with van der Waals surface area (Å²) in [5.74, 6) is 0.195. The molecule has 2 nitrogen and oxygen atoms in total. The molecule has 0 aliphatic carbocycles. The third kappa shape index (κ3) is 3.72. The van der Waals surface area contributed by atoms with Crippen LogP contribution >= 0.6 is 27.5 Å². The van der Waals surface area contributed by atoms with Crippen molar-refractivity contribution in [2.75, 3.05) is 0 Å². The zero-order valence-corrected chi connectivity index (χ0v) is 13.2. The summed E-state index contributed by atoms with van der Waals surface area (Å²) in [5, 5.41) is 0.470. The quantitative estimate of drug-likeness (QED) is 0.848. The third-order valence-electron chi connectivity index (χ3n) is 2.88. The van der Waals surface area contributed by atoms with Gasteiger partial charge in [-0.3, -0.25) is 0 Å². The third-order valence-corrected chi connectivity index (χ3v) is 3.67. The molecule has 0 amide bonds. The molecule has 0 bridgehead atoms. The summed E-state index contributed by atoms with van der Waals surface area (Å²) < 4.78 is 19.9. The van der Waals surface area contributed by atoms with Gasteiger partial charge in [0, 0.05) is 16.1 Å². The highest BCUT2D eigenvalue weighted by molar-refractivity contribution is 9.10. The Balaban J connectivity index is 2.11. The molecule has 5 heteroatoms. The van der Waals surface area contributed by atoms with Gasteiger partial charge in [0.05, 0.1) is 5.02 Å². The molecular formula is C15H14BrClFNO. The number of nitrogens with two attached hydrogens (primary N) is 1. The van der Waals surface area contributed by atoms with E-state index in [0.717, 1.165) is 5.56 Å². The smallest absolute Gasteiger partial charge is 0.138 e. The SMILES string of the molecule is C[C@@H](N)c1ccc(OCc2ccc(Br)cc2F)c(Cl)c1. The van der Waals surface area contributed by atoms with E-state index in [9.17, 15) is 4.39 Å². The van der Waals surface area contributed by atoms with Crippen LogP contribution in [0.1, 0.15) is 24.1 Å². The number of halogens is 3. The summed E-state index contributed by atoms with van der Waals surface area (Å²) in [5.41, 5.74) is 7.18. The molecule has 0 aliphatic rings. The van der Waals surface area contributed by atoms with Crippen molar-refractivity contribution in [2.24, 2.45) is 5.73 Å². The first-order valence-electron chi connectivity index (χ1n) is 6.09. The first kappa shape index (κ1) is 15.3. The lowest BCUT2D eigenvalue weighted by molar-refractivity contribution is 0.300. The van der Waals surface area contributed by atoms with Crippen molar-refractivity contribution < 1.29 is 9.13 Å². The largest absolute Gasteiger partial charge is 0.487 e. The van der Waals surface area contributed by atoms with Crippen LogP contribution in [0.25, 0.3) is 0 Å². The van der Waals surface area contributed by atoms with Crippen LogP contribution in [0.15, 0.2) is 40.9 Å². The highest BCUT2D eigenvalue weighted by Gasteiger charge is 2.08.